The van der Waals surface area contributed by atoms with Gasteiger partial charge in [0, 0.05) is 23.3 Å². The fraction of sp³-hybridized carbons (Fsp3) is 0.545. The van der Waals surface area contributed by atoms with E-state index in [1.807, 2.05) is 30.3 Å². The highest BCUT2D eigenvalue weighted by molar-refractivity contribution is 8.01. The molecule has 0 saturated heterocycles. The molecule has 8 heteroatoms. The molecule has 1 amide bonds. The number of amides is 1. The zero-order chi connectivity index (χ0) is 23.2. The second-order valence-corrected chi connectivity index (χ2v) is 12.0. The summed E-state index contributed by atoms with van der Waals surface area (Å²) in [7, 11) is -2.41. The predicted octanol–water partition coefficient (Wildman–Crippen LogP) is 2.95. The molecule has 0 saturated carbocycles. The van der Waals surface area contributed by atoms with Crippen LogP contribution in [0.1, 0.15) is 46.6 Å². The number of Topliss-reactive ketones (excluding diaryl/α,β-unsaturated/α-hetero) is 1. The van der Waals surface area contributed by atoms with E-state index in [9.17, 15) is 18.6 Å². The van der Waals surface area contributed by atoms with Crippen LogP contribution in [0.15, 0.2) is 30.3 Å². The molecular weight excluding hydrogens is 406 g/mol. The van der Waals surface area contributed by atoms with Gasteiger partial charge in [0.25, 0.3) is 0 Å². The van der Waals surface area contributed by atoms with Gasteiger partial charge in [0.05, 0.1) is 0 Å². The minimum Gasteiger partial charge on any atom is -0.459 e. The first-order valence-electron chi connectivity index (χ1n) is 9.62. The van der Waals surface area contributed by atoms with E-state index in [0.29, 0.717) is 0 Å². The van der Waals surface area contributed by atoms with E-state index in [1.165, 1.54) is 17.9 Å². The molecule has 0 spiro atoms. The predicted molar refractivity (Wildman–Crippen MR) is 119 cm³/mol. The Labute approximate surface area is 179 Å². The monoisotopic (exact) mass is 439 g/mol. The van der Waals surface area contributed by atoms with Crippen molar-refractivity contribution in [2.75, 3.05) is 12.5 Å². The first-order chi connectivity index (χ1) is 13.6. The van der Waals surface area contributed by atoms with Crippen molar-refractivity contribution in [2.24, 2.45) is 5.41 Å². The number of carbonyl (C=O) groups is 3. The Morgan fingerprint density at radius 2 is 1.63 bits per heavy atom. The maximum Gasteiger partial charge on any atom is 0.408 e. The standard InChI is InChI=1S/C22H33NO6S/c1-21(2,3)29-20(26)23-17(13-22(4,5)18(24)15-30(6,7)27)19(25)28-14-16-11-9-8-10-12-16/h8-12,15,17H,13-14H2,1-7H3,(H,23,26)/t17-/m0/s1. The molecule has 0 bridgehead atoms. The Morgan fingerprint density at radius 3 is 2.13 bits per heavy atom. The van der Waals surface area contributed by atoms with Crippen molar-refractivity contribution in [1.82, 2.24) is 5.32 Å². The van der Waals surface area contributed by atoms with Crippen LogP contribution in [0.5, 0.6) is 0 Å². The molecule has 0 aliphatic carbocycles. The van der Waals surface area contributed by atoms with Gasteiger partial charge >= 0.3 is 12.1 Å². The molecule has 1 atom stereocenters. The Kier molecular flexibility index (Phi) is 8.65. The van der Waals surface area contributed by atoms with Crippen molar-refractivity contribution in [3.63, 3.8) is 0 Å². The van der Waals surface area contributed by atoms with Gasteiger partial charge in [-0.15, -0.1) is 0 Å². The fourth-order valence-corrected chi connectivity index (χ4v) is 3.34. The Balaban J connectivity index is 3.01. The molecule has 0 unspecified atom stereocenters. The van der Waals surface area contributed by atoms with Gasteiger partial charge in [0.1, 0.15) is 18.2 Å². The molecule has 0 aromatic heterocycles. The van der Waals surface area contributed by atoms with Crippen molar-refractivity contribution < 1.29 is 28.1 Å². The number of ketones is 1. The van der Waals surface area contributed by atoms with Crippen LogP contribution < -0.4 is 5.32 Å². The van der Waals surface area contributed by atoms with Crippen LogP contribution in [-0.4, -0.2) is 51.6 Å². The topological polar surface area (TPSA) is 98.8 Å². The van der Waals surface area contributed by atoms with Crippen LogP contribution in [0.3, 0.4) is 0 Å². The number of esters is 1. The van der Waals surface area contributed by atoms with E-state index in [4.69, 9.17) is 9.47 Å². The molecule has 30 heavy (non-hydrogen) atoms. The molecule has 0 aliphatic rings. The number of benzene rings is 1. The summed E-state index contributed by atoms with van der Waals surface area (Å²) in [5, 5.41) is 3.68. The summed E-state index contributed by atoms with van der Waals surface area (Å²) in [4.78, 5) is 37.6. The normalized spacial score (nSPS) is 13.2. The number of hydrogen-bond donors (Lipinski definition) is 1. The maximum absolute atomic E-state index is 12.7. The summed E-state index contributed by atoms with van der Waals surface area (Å²) in [6.45, 7) is 8.41. The number of hydrogen-bond acceptors (Lipinski definition) is 6. The Hall–Kier alpha value is -2.35. The summed E-state index contributed by atoms with van der Waals surface area (Å²) in [5.41, 5.74) is -1.01. The van der Waals surface area contributed by atoms with Crippen molar-refractivity contribution >= 4 is 32.7 Å². The van der Waals surface area contributed by atoms with Gasteiger partial charge in [0.2, 0.25) is 0 Å². The van der Waals surface area contributed by atoms with Crippen LogP contribution >= 0.6 is 0 Å². The van der Waals surface area contributed by atoms with Gasteiger partial charge in [-0.1, -0.05) is 44.2 Å². The minimum absolute atomic E-state index is 0.0322. The fourth-order valence-electron chi connectivity index (χ4n) is 2.50. The number of carbonyl (C=O) groups excluding carboxylic acids is 3. The number of nitrogens with one attached hydrogen (secondary N) is 1. The highest BCUT2D eigenvalue weighted by atomic mass is 32.2. The van der Waals surface area contributed by atoms with Crippen molar-refractivity contribution in [3.8, 4) is 0 Å². The zero-order valence-electron chi connectivity index (χ0n) is 18.8. The summed E-state index contributed by atoms with van der Waals surface area (Å²) in [6.07, 6.45) is 2.10. The molecule has 7 nitrogen and oxygen atoms in total. The molecule has 0 heterocycles. The first kappa shape index (κ1) is 25.7. The SMILES string of the molecule is CC(C)(C)OC(=O)N[C@@H](CC(C)(C)C(=O)C=S(C)(C)=O)C(=O)OCc1ccccc1. The van der Waals surface area contributed by atoms with Gasteiger partial charge in [-0.25, -0.2) is 9.59 Å². The highest BCUT2D eigenvalue weighted by Gasteiger charge is 2.35. The molecule has 0 aliphatic heterocycles. The van der Waals surface area contributed by atoms with E-state index in [0.717, 1.165) is 5.56 Å². The lowest BCUT2D eigenvalue weighted by Crippen LogP contribution is -2.47. The summed E-state index contributed by atoms with van der Waals surface area (Å²) in [6, 6.07) is 8.01. The summed E-state index contributed by atoms with van der Waals surface area (Å²) >= 11 is 0. The lowest BCUT2D eigenvalue weighted by molar-refractivity contribution is -0.148. The number of alkyl carbamates (subject to hydrolysis) is 1. The van der Waals surface area contributed by atoms with Crippen LogP contribution in [0, 0.1) is 5.41 Å². The second kappa shape index (κ2) is 10.1. The van der Waals surface area contributed by atoms with Crippen LogP contribution in [0.4, 0.5) is 4.79 Å². The largest absolute Gasteiger partial charge is 0.459 e. The minimum atomic E-state index is -2.41. The van der Waals surface area contributed by atoms with Crippen molar-refractivity contribution in [3.05, 3.63) is 35.9 Å². The second-order valence-electron chi connectivity index (χ2n) is 9.17. The molecule has 1 aromatic carbocycles. The van der Waals surface area contributed by atoms with Gasteiger partial charge in [-0.05, 0) is 42.3 Å². The Bertz CT molecular complexity index is 869. The third kappa shape index (κ3) is 9.91. The number of rotatable bonds is 8. The Morgan fingerprint density at radius 1 is 1.07 bits per heavy atom. The van der Waals surface area contributed by atoms with Gasteiger partial charge in [0.15, 0.2) is 5.78 Å². The molecule has 1 aromatic rings. The van der Waals surface area contributed by atoms with Gasteiger partial charge < -0.3 is 14.8 Å². The molecule has 1 N–H and O–H groups in total. The average Bonchev–Trinajstić information content (AvgIpc) is 2.56. The summed E-state index contributed by atoms with van der Waals surface area (Å²) < 4.78 is 22.6. The van der Waals surface area contributed by atoms with E-state index in [1.54, 1.807) is 34.6 Å². The van der Waals surface area contributed by atoms with Gasteiger partial charge in [-0.3, -0.25) is 9.00 Å². The molecule has 1 rings (SSSR count). The summed E-state index contributed by atoms with van der Waals surface area (Å²) in [5.74, 6) is -1.05. The lowest BCUT2D eigenvalue weighted by Gasteiger charge is -2.28. The highest BCUT2D eigenvalue weighted by Crippen LogP contribution is 2.24. The quantitative estimate of drug-likeness (QED) is 0.494. The molecule has 0 fully saturated rings. The lowest BCUT2D eigenvalue weighted by atomic mass is 9.82. The third-order valence-electron chi connectivity index (χ3n) is 3.97. The molecular formula is C22H33NO6S. The third-order valence-corrected chi connectivity index (χ3v) is 4.75. The molecule has 0 radical (unpaired) electrons. The maximum atomic E-state index is 12.7. The molecule has 168 valence electrons. The number of ether oxygens (including phenoxy) is 2. The van der Waals surface area contributed by atoms with Crippen LogP contribution in [-0.2, 0) is 35.2 Å². The van der Waals surface area contributed by atoms with E-state index in [-0.39, 0.29) is 18.8 Å². The van der Waals surface area contributed by atoms with Crippen molar-refractivity contribution in [2.45, 2.75) is 59.3 Å². The van der Waals surface area contributed by atoms with E-state index >= 15 is 0 Å². The van der Waals surface area contributed by atoms with Crippen LogP contribution in [0.25, 0.3) is 0 Å². The van der Waals surface area contributed by atoms with Crippen molar-refractivity contribution in [1.29, 1.82) is 0 Å². The van der Waals surface area contributed by atoms with Crippen LogP contribution in [0.2, 0.25) is 0 Å². The van der Waals surface area contributed by atoms with E-state index < -0.39 is 38.6 Å². The average molecular weight is 440 g/mol. The zero-order valence-corrected chi connectivity index (χ0v) is 19.6. The van der Waals surface area contributed by atoms with E-state index in [2.05, 4.69) is 5.32 Å². The van der Waals surface area contributed by atoms with Gasteiger partial charge in [-0.2, -0.15) is 0 Å². The smallest absolute Gasteiger partial charge is 0.408 e. The first-order valence-corrected chi connectivity index (χ1v) is 12.1.